The topological polar surface area (TPSA) is 87.3 Å². The number of sulfonamides is 1. The maximum Gasteiger partial charge on any atom is 0.261 e. The lowest BCUT2D eigenvalue weighted by Crippen LogP contribution is -2.33. The molecule has 0 fully saturated rings. The highest BCUT2D eigenvalue weighted by molar-refractivity contribution is 7.92. The fourth-order valence-corrected chi connectivity index (χ4v) is 3.42. The zero-order chi connectivity index (χ0) is 19.0. The van der Waals surface area contributed by atoms with E-state index in [1.807, 2.05) is 13.0 Å². The van der Waals surface area contributed by atoms with Crippen molar-refractivity contribution < 1.29 is 13.2 Å². The number of unbranched alkanes of at least 4 members (excludes halogenated alkanes) is 1. The van der Waals surface area contributed by atoms with Crippen LogP contribution < -0.4 is 15.4 Å². The number of anilines is 2. The quantitative estimate of drug-likeness (QED) is 0.629. The standard InChI is InChI=1S/C18H21N3O3S2/c1-2-3-9-17(22)20-18(25)19-14-10-12-16(13-11-14)26(23,24)21-15-7-5-4-6-8-15/h4-8,10-13,21H,2-3,9H2,1H3,(H2,19,20,22,25). The summed E-state index contributed by atoms with van der Waals surface area (Å²) in [6, 6.07) is 14.8. The first-order valence-corrected chi connectivity index (χ1v) is 10.1. The van der Waals surface area contributed by atoms with E-state index in [-0.39, 0.29) is 15.9 Å². The Labute approximate surface area is 159 Å². The predicted octanol–water partition coefficient (Wildman–Crippen LogP) is 3.49. The Kier molecular flexibility index (Phi) is 7.11. The second-order valence-corrected chi connectivity index (χ2v) is 7.69. The fourth-order valence-electron chi connectivity index (χ4n) is 2.13. The molecule has 0 aliphatic carbocycles. The van der Waals surface area contributed by atoms with Crippen LogP contribution in [0.2, 0.25) is 0 Å². The second-order valence-electron chi connectivity index (χ2n) is 5.60. The third-order valence-electron chi connectivity index (χ3n) is 3.46. The van der Waals surface area contributed by atoms with Gasteiger partial charge in [-0.3, -0.25) is 9.52 Å². The SMILES string of the molecule is CCCCC(=O)NC(=S)Nc1ccc(S(=O)(=O)Nc2ccccc2)cc1. The largest absolute Gasteiger partial charge is 0.332 e. The number of benzene rings is 2. The Morgan fingerprint density at radius 1 is 1.00 bits per heavy atom. The first-order chi connectivity index (χ1) is 12.4. The zero-order valence-corrected chi connectivity index (χ0v) is 16.0. The Bertz CT molecular complexity index is 851. The molecule has 0 aromatic heterocycles. The molecule has 2 aromatic carbocycles. The summed E-state index contributed by atoms with van der Waals surface area (Å²) in [5, 5.41) is 5.64. The van der Waals surface area contributed by atoms with E-state index in [1.165, 1.54) is 12.1 Å². The van der Waals surface area contributed by atoms with Crippen molar-refractivity contribution in [1.82, 2.24) is 5.32 Å². The minimum Gasteiger partial charge on any atom is -0.332 e. The molecule has 0 atom stereocenters. The van der Waals surface area contributed by atoms with Crippen molar-refractivity contribution in [3.63, 3.8) is 0 Å². The van der Waals surface area contributed by atoms with Gasteiger partial charge >= 0.3 is 0 Å². The maximum absolute atomic E-state index is 12.4. The summed E-state index contributed by atoms with van der Waals surface area (Å²) in [6.45, 7) is 2.01. The number of carbonyl (C=O) groups excluding carboxylic acids is 1. The molecule has 0 aliphatic rings. The van der Waals surface area contributed by atoms with Crippen LogP contribution in [0.3, 0.4) is 0 Å². The first kappa shape index (κ1) is 19.9. The Morgan fingerprint density at radius 2 is 1.65 bits per heavy atom. The highest BCUT2D eigenvalue weighted by Crippen LogP contribution is 2.18. The van der Waals surface area contributed by atoms with Gasteiger partial charge in [0, 0.05) is 17.8 Å². The number of thiocarbonyl (C=S) groups is 1. The summed E-state index contributed by atoms with van der Waals surface area (Å²) in [5.74, 6) is -0.143. The van der Waals surface area contributed by atoms with Crippen LogP contribution in [0, 0.1) is 0 Å². The van der Waals surface area contributed by atoms with E-state index in [2.05, 4.69) is 15.4 Å². The molecule has 0 bridgehead atoms. The molecular weight excluding hydrogens is 370 g/mol. The van der Waals surface area contributed by atoms with Crippen LogP contribution in [0.1, 0.15) is 26.2 Å². The number of nitrogens with one attached hydrogen (secondary N) is 3. The molecule has 1 amide bonds. The maximum atomic E-state index is 12.4. The summed E-state index contributed by atoms with van der Waals surface area (Å²) in [4.78, 5) is 11.8. The van der Waals surface area contributed by atoms with Gasteiger partial charge in [-0.2, -0.15) is 0 Å². The van der Waals surface area contributed by atoms with Crippen molar-refractivity contribution in [2.45, 2.75) is 31.1 Å². The van der Waals surface area contributed by atoms with Crippen LogP contribution in [-0.2, 0) is 14.8 Å². The molecule has 26 heavy (non-hydrogen) atoms. The summed E-state index contributed by atoms with van der Waals surface area (Å²) < 4.78 is 27.2. The molecule has 2 aromatic rings. The van der Waals surface area contributed by atoms with Gasteiger partial charge in [0.1, 0.15) is 0 Å². The van der Waals surface area contributed by atoms with Gasteiger partial charge in [-0.15, -0.1) is 0 Å². The van der Waals surface area contributed by atoms with Gasteiger partial charge < -0.3 is 10.6 Å². The number of hydrogen-bond donors (Lipinski definition) is 3. The fraction of sp³-hybridized carbons (Fsp3) is 0.222. The third kappa shape index (κ3) is 6.12. The Morgan fingerprint density at radius 3 is 2.27 bits per heavy atom. The van der Waals surface area contributed by atoms with E-state index in [0.29, 0.717) is 17.8 Å². The predicted molar refractivity (Wildman–Crippen MR) is 108 cm³/mol. The normalized spacial score (nSPS) is 10.8. The van der Waals surface area contributed by atoms with Crippen LogP contribution in [0.5, 0.6) is 0 Å². The molecule has 0 aliphatic heterocycles. The van der Waals surface area contributed by atoms with Gasteiger partial charge in [0.25, 0.3) is 10.0 Å². The number of amides is 1. The lowest BCUT2D eigenvalue weighted by Gasteiger charge is -2.11. The molecule has 2 rings (SSSR count). The summed E-state index contributed by atoms with van der Waals surface area (Å²) in [7, 11) is -3.67. The van der Waals surface area contributed by atoms with E-state index in [4.69, 9.17) is 12.2 Å². The molecule has 0 radical (unpaired) electrons. The molecule has 138 valence electrons. The summed E-state index contributed by atoms with van der Waals surface area (Å²) in [6.07, 6.45) is 2.15. The number of para-hydroxylation sites is 1. The molecule has 0 spiro atoms. The van der Waals surface area contributed by atoms with Crippen molar-refractivity contribution in [3.8, 4) is 0 Å². The summed E-state index contributed by atoms with van der Waals surface area (Å²) >= 11 is 5.08. The van der Waals surface area contributed by atoms with E-state index >= 15 is 0 Å². The van der Waals surface area contributed by atoms with Crippen LogP contribution >= 0.6 is 12.2 Å². The van der Waals surface area contributed by atoms with E-state index < -0.39 is 10.0 Å². The Hall–Kier alpha value is -2.45. The number of carbonyl (C=O) groups is 1. The van der Waals surface area contributed by atoms with Gasteiger partial charge in [0.2, 0.25) is 5.91 Å². The smallest absolute Gasteiger partial charge is 0.261 e. The lowest BCUT2D eigenvalue weighted by atomic mass is 10.2. The number of hydrogen-bond acceptors (Lipinski definition) is 4. The summed E-state index contributed by atoms with van der Waals surface area (Å²) in [5.41, 5.74) is 1.08. The Balaban J connectivity index is 1.97. The molecule has 0 heterocycles. The van der Waals surface area contributed by atoms with Gasteiger partial charge in [-0.25, -0.2) is 8.42 Å². The minimum atomic E-state index is -3.67. The van der Waals surface area contributed by atoms with E-state index in [9.17, 15) is 13.2 Å². The van der Waals surface area contributed by atoms with Crippen molar-refractivity contribution in [2.24, 2.45) is 0 Å². The highest BCUT2D eigenvalue weighted by Gasteiger charge is 2.14. The van der Waals surface area contributed by atoms with Crippen molar-refractivity contribution in [2.75, 3.05) is 10.0 Å². The van der Waals surface area contributed by atoms with Crippen LogP contribution in [0.4, 0.5) is 11.4 Å². The van der Waals surface area contributed by atoms with Gasteiger partial charge in [0.05, 0.1) is 4.90 Å². The second kappa shape index (κ2) is 9.30. The molecule has 3 N–H and O–H groups in total. The highest BCUT2D eigenvalue weighted by atomic mass is 32.2. The lowest BCUT2D eigenvalue weighted by molar-refractivity contribution is -0.119. The van der Waals surface area contributed by atoms with Crippen LogP contribution in [0.15, 0.2) is 59.5 Å². The first-order valence-electron chi connectivity index (χ1n) is 8.19. The molecule has 6 nitrogen and oxygen atoms in total. The molecule has 0 saturated heterocycles. The number of rotatable bonds is 7. The van der Waals surface area contributed by atoms with Crippen LogP contribution in [0.25, 0.3) is 0 Å². The van der Waals surface area contributed by atoms with E-state index in [1.54, 1.807) is 36.4 Å². The molecule has 8 heteroatoms. The third-order valence-corrected chi connectivity index (χ3v) is 5.06. The molecule has 0 saturated carbocycles. The zero-order valence-electron chi connectivity index (χ0n) is 14.4. The monoisotopic (exact) mass is 391 g/mol. The van der Waals surface area contributed by atoms with Gasteiger partial charge in [-0.05, 0) is 55.0 Å². The van der Waals surface area contributed by atoms with Crippen LogP contribution in [-0.4, -0.2) is 19.4 Å². The average molecular weight is 392 g/mol. The molecule has 0 unspecified atom stereocenters. The minimum absolute atomic E-state index is 0.129. The molecular formula is C18H21N3O3S2. The van der Waals surface area contributed by atoms with Crippen molar-refractivity contribution in [1.29, 1.82) is 0 Å². The van der Waals surface area contributed by atoms with Crippen molar-refractivity contribution in [3.05, 3.63) is 54.6 Å². The average Bonchev–Trinajstić information content (AvgIpc) is 2.61. The van der Waals surface area contributed by atoms with Crippen molar-refractivity contribution >= 4 is 44.6 Å². The van der Waals surface area contributed by atoms with Gasteiger partial charge in [-0.1, -0.05) is 31.5 Å². The van der Waals surface area contributed by atoms with Gasteiger partial charge in [0.15, 0.2) is 5.11 Å². The van der Waals surface area contributed by atoms with E-state index in [0.717, 1.165) is 12.8 Å².